The maximum atomic E-state index is 4.76. The Morgan fingerprint density at radius 3 is 1.06 bits per heavy atom. The molecule has 13 rings (SSSR count). The van der Waals surface area contributed by atoms with Gasteiger partial charge in [0.1, 0.15) is 0 Å². The summed E-state index contributed by atoms with van der Waals surface area (Å²) in [6.45, 7) is 57.7. The van der Waals surface area contributed by atoms with E-state index in [1.165, 1.54) is 180 Å². The fourth-order valence-corrected chi connectivity index (χ4v) is 11.5. The lowest BCUT2D eigenvalue weighted by Gasteiger charge is -2.10. The number of pyridine rings is 3. The molecule has 3 aromatic carbocycles. The van der Waals surface area contributed by atoms with Gasteiger partial charge in [0.15, 0.2) is 0 Å². The minimum Gasteiger partial charge on any atom is -0.257 e. The molecule has 1 unspecified atom stereocenters. The number of nitrogens with zero attached hydrogens (tertiary/aromatic N) is 3. The lowest BCUT2D eigenvalue weighted by atomic mass is 9.98. The summed E-state index contributed by atoms with van der Waals surface area (Å²) < 4.78 is 0. The molecule has 0 radical (unpaired) electrons. The van der Waals surface area contributed by atoms with Crippen molar-refractivity contribution >= 4 is 0 Å². The Kier molecular flexibility index (Phi) is 27.6. The average Bonchev–Trinajstić information content (AvgIpc) is 1.83. The molecule has 458 valence electrons. The summed E-state index contributed by atoms with van der Waals surface area (Å²) in [5.41, 5.74) is 42.8. The summed E-state index contributed by atoms with van der Waals surface area (Å²) in [5, 5.41) is 0. The molecule has 7 aliphatic carbocycles. The Labute approximate surface area is 525 Å². The molecule has 0 fully saturated rings. The monoisotopic (exact) mass is 1150 g/mol. The van der Waals surface area contributed by atoms with Gasteiger partial charge in [-0.05, 0) is 234 Å². The second-order valence-corrected chi connectivity index (χ2v) is 23.9. The van der Waals surface area contributed by atoms with Gasteiger partial charge in [-0.2, -0.15) is 0 Å². The average molecular weight is 1150 g/mol. The van der Waals surface area contributed by atoms with E-state index in [0.29, 0.717) is 11.8 Å². The van der Waals surface area contributed by atoms with Gasteiger partial charge in [0, 0.05) is 53.0 Å². The van der Waals surface area contributed by atoms with Crippen molar-refractivity contribution in [3.8, 4) is 33.5 Å². The molecular weight excluding hydrogens is 1040 g/mol. The van der Waals surface area contributed by atoms with Crippen molar-refractivity contribution in [2.24, 2.45) is 11.8 Å². The van der Waals surface area contributed by atoms with Gasteiger partial charge in [0.05, 0.1) is 17.1 Å². The highest BCUT2D eigenvalue weighted by atomic mass is 14.7. The molecule has 0 N–H and O–H groups in total. The first-order valence-electron chi connectivity index (χ1n) is 32.4. The number of aromatic nitrogens is 3. The van der Waals surface area contributed by atoms with Gasteiger partial charge in [-0.15, -0.1) is 0 Å². The molecule has 0 spiro atoms. The summed E-state index contributed by atoms with van der Waals surface area (Å²) in [6.07, 6.45) is 18.8. The molecule has 3 nitrogen and oxygen atoms in total. The molecular formula is C83H111N3. The van der Waals surface area contributed by atoms with E-state index in [-0.39, 0.29) is 0 Å². The van der Waals surface area contributed by atoms with Crippen LogP contribution < -0.4 is 0 Å². The molecule has 3 heterocycles. The zero-order valence-corrected chi connectivity index (χ0v) is 58.9. The van der Waals surface area contributed by atoms with Crippen LogP contribution in [0.4, 0.5) is 0 Å². The van der Waals surface area contributed by atoms with Crippen molar-refractivity contribution in [2.45, 2.75) is 219 Å². The third-order valence-corrected chi connectivity index (χ3v) is 19.0. The van der Waals surface area contributed by atoms with Crippen LogP contribution in [0.1, 0.15) is 222 Å². The third-order valence-electron chi connectivity index (χ3n) is 19.0. The lowest BCUT2D eigenvalue weighted by Crippen LogP contribution is -1.97. The highest BCUT2D eigenvalue weighted by Crippen LogP contribution is 2.41. The number of allylic oxidation sites excluding steroid dienone is 16. The van der Waals surface area contributed by atoms with E-state index in [2.05, 4.69) is 255 Å². The summed E-state index contributed by atoms with van der Waals surface area (Å²) in [7, 11) is 0. The smallest absolute Gasteiger partial charge is 0.0746 e. The van der Waals surface area contributed by atoms with Crippen molar-refractivity contribution < 1.29 is 0 Å². The minimum atomic E-state index is 0.690. The van der Waals surface area contributed by atoms with Crippen molar-refractivity contribution in [3.63, 3.8) is 0 Å². The van der Waals surface area contributed by atoms with Crippen LogP contribution in [-0.4, -0.2) is 15.0 Å². The van der Waals surface area contributed by atoms with Crippen molar-refractivity contribution in [1.29, 1.82) is 0 Å². The van der Waals surface area contributed by atoms with Gasteiger partial charge in [-0.25, -0.2) is 0 Å². The molecule has 0 saturated heterocycles. The van der Waals surface area contributed by atoms with E-state index in [0.717, 1.165) is 25.0 Å². The first-order chi connectivity index (χ1) is 40.9. The Bertz CT molecular complexity index is 3450. The van der Waals surface area contributed by atoms with Crippen LogP contribution in [0, 0.1) is 74.1 Å². The molecule has 7 aliphatic rings. The number of rotatable bonds is 0. The molecule has 0 aliphatic heterocycles. The Morgan fingerprint density at radius 1 is 0.395 bits per heavy atom. The summed E-state index contributed by atoms with van der Waals surface area (Å²) in [5.74, 6) is 1.39. The molecule has 0 saturated carbocycles. The largest absolute Gasteiger partial charge is 0.257 e. The van der Waals surface area contributed by atoms with E-state index in [1.54, 1.807) is 0 Å². The highest BCUT2D eigenvalue weighted by Gasteiger charge is 2.25. The Morgan fingerprint density at radius 2 is 0.756 bits per heavy atom. The highest BCUT2D eigenvalue weighted by molar-refractivity contribution is 5.80. The SMILES string of the molecule is CC.CC.CC.CC1=C(C)C(C)C=C1.CC1=CC=C(C)C1C.CC1=CCC(C)=C1C.CC1=CCC(C)=C1C.Cc1nc2c(c(C)c1C)-c1ccccc1C2.Cc1nc2c(c(C)c1C)-c1ccccc1C2.Cc1nc2c(c(C)c1C)Cc1ccccc1-2. The van der Waals surface area contributed by atoms with Crippen LogP contribution in [0.15, 0.2) is 165 Å². The van der Waals surface area contributed by atoms with Gasteiger partial charge >= 0.3 is 0 Å². The lowest BCUT2D eigenvalue weighted by molar-refractivity contribution is 0.821. The third kappa shape index (κ3) is 17.0. The zero-order valence-electron chi connectivity index (χ0n) is 58.9. The van der Waals surface area contributed by atoms with E-state index >= 15 is 0 Å². The van der Waals surface area contributed by atoms with E-state index < -0.39 is 0 Å². The van der Waals surface area contributed by atoms with E-state index in [9.17, 15) is 0 Å². The molecule has 0 bridgehead atoms. The summed E-state index contributed by atoms with van der Waals surface area (Å²) in [4.78, 5) is 14.2. The van der Waals surface area contributed by atoms with Crippen LogP contribution in [-0.2, 0) is 19.3 Å². The van der Waals surface area contributed by atoms with Gasteiger partial charge < -0.3 is 0 Å². The normalized spacial score (nSPS) is 15.3. The predicted octanol–water partition coefficient (Wildman–Crippen LogP) is 24.2. The van der Waals surface area contributed by atoms with Crippen LogP contribution in [0.25, 0.3) is 33.5 Å². The first kappa shape index (κ1) is 71.5. The Hall–Kier alpha value is -6.97. The summed E-state index contributed by atoms with van der Waals surface area (Å²) >= 11 is 0. The number of hydrogen-bond donors (Lipinski definition) is 0. The van der Waals surface area contributed by atoms with Crippen LogP contribution >= 0.6 is 0 Å². The van der Waals surface area contributed by atoms with Gasteiger partial charge in [-0.3, -0.25) is 15.0 Å². The maximum absolute atomic E-state index is 4.76. The van der Waals surface area contributed by atoms with E-state index in [4.69, 9.17) is 15.0 Å². The fraction of sp³-hybridized carbons (Fsp3) is 0.410. The number of benzene rings is 3. The molecule has 86 heavy (non-hydrogen) atoms. The zero-order chi connectivity index (χ0) is 64.4. The van der Waals surface area contributed by atoms with Gasteiger partial charge in [0.2, 0.25) is 0 Å². The Balaban J connectivity index is 0.000000217. The number of fused-ring (bicyclic) bond motifs is 9. The van der Waals surface area contributed by atoms with Crippen molar-refractivity contribution in [2.75, 3.05) is 0 Å². The number of hydrogen-bond acceptors (Lipinski definition) is 3. The summed E-state index contributed by atoms with van der Waals surface area (Å²) in [6, 6.07) is 25.9. The van der Waals surface area contributed by atoms with Crippen molar-refractivity contribution in [3.05, 3.63) is 249 Å². The first-order valence-corrected chi connectivity index (χ1v) is 32.4. The molecule has 3 aromatic heterocycles. The van der Waals surface area contributed by atoms with Crippen LogP contribution in [0.5, 0.6) is 0 Å². The van der Waals surface area contributed by atoms with Gasteiger partial charge in [-0.1, -0.05) is 209 Å². The molecule has 0 amide bonds. The molecule has 6 aromatic rings. The van der Waals surface area contributed by atoms with E-state index in [1.807, 2.05) is 41.5 Å². The molecule has 1 atom stereocenters. The minimum absolute atomic E-state index is 0.690. The van der Waals surface area contributed by atoms with Crippen molar-refractivity contribution in [1.82, 2.24) is 15.0 Å². The second-order valence-electron chi connectivity index (χ2n) is 23.9. The van der Waals surface area contributed by atoms with Crippen LogP contribution in [0.3, 0.4) is 0 Å². The second kappa shape index (κ2) is 33.2. The topological polar surface area (TPSA) is 38.7 Å². The quantitative estimate of drug-likeness (QED) is 0.152. The predicted molar refractivity (Wildman–Crippen MR) is 381 cm³/mol. The van der Waals surface area contributed by atoms with Gasteiger partial charge in [0.25, 0.3) is 0 Å². The molecule has 3 heteroatoms. The van der Waals surface area contributed by atoms with Crippen LogP contribution in [0.2, 0.25) is 0 Å². The maximum Gasteiger partial charge on any atom is 0.0746 e. The standard InChI is InChI=1S/3C15H15N.4C8H12.3C2H6/c2*1-9-10(2)15-13-7-5-4-6-12(13)8-14(15)16-11(9)3;1-9-10(2)14-8-12-6-4-5-7-13(12)15(14)16-11(9)3;4*1-6-4-5-7(2)8(6)3;3*1-2/h3*4-7H,8H2,1-3H3;2*4H,5H2,1-3H3;4-5,8H,1-3H3;4-6H,1-3H3;3*1-2H3. The number of aryl methyl sites for hydroxylation is 3. The fourth-order valence-electron chi connectivity index (χ4n) is 11.5.